The Morgan fingerprint density at radius 1 is 0.750 bits per heavy atom. The number of carbonyl (C=O) groups excluding carboxylic acids is 3. The van der Waals surface area contributed by atoms with Crippen LogP contribution in [0.5, 0.6) is 5.75 Å². The summed E-state index contributed by atoms with van der Waals surface area (Å²) in [6, 6.07) is 12.4. The number of hydrogen-bond acceptors (Lipinski definition) is 8. The fourth-order valence-corrected chi connectivity index (χ4v) is 4.33. The zero-order valence-corrected chi connectivity index (χ0v) is 25.8. The molecule has 0 amide bonds. The highest BCUT2D eigenvalue weighted by molar-refractivity contribution is 5.95. The standard InChI is InChI=1S/C36H40O8/c1-23(2)32(37)22-41-17-9-7-12-28-21-33-29(19-27(28)11-8-10-18-42-34(38)24(3)4)20-31(36(40)44-33)26-13-15-30(16-14-26)43-35(39)25(5)6/h13-16,19-21H,1,3,5,7-12,17-18,22H2,2,4,6H3. The fraction of sp³-hybridized carbons (Fsp3) is 0.333. The third-order valence-electron chi connectivity index (χ3n) is 6.89. The molecule has 0 bridgehead atoms. The van der Waals surface area contributed by atoms with Crippen LogP contribution < -0.4 is 10.4 Å². The van der Waals surface area contributed by atoms with E-state index < -0.39 is 17.6 Å². The first-order valence-electron chi connectivity index (χ1n) is 14.6. The van der Waals surface area contributed by atoms with Crippen LogP contribution in [0.4, 0.5) is 0 Å². The molecule has 3 aromatic rings. The summed E-state index contributed by atoms with van der Waals surface area (Å²) < 4.78 is 21.7. The second-order valence-corrected chi connectivity index (χ2v) is 10.9. The summed E-state index contributed by atoms with van der Waals surface area (Å²) in [4.78, 5) is 48.2. The number of fused-ring (bicyclic) bond motifs is 1. The molecule has 0 radical (unpaired) electrons. The lowest BCUT2D eigenvalue weighted by Crippen LogP contribution is -2.10. The van der Waals surface area contributed by atoms with Crippen molar-refractivity contribution in [3.05, 3.63) is 100 Å². The maximum atomic E-state index is 13.0. The molecule has 0 atom stereocenters. The predicted octanol–water partition coefficient (Wildman–Crippen LogP) is 6.87. The molecule has 0 N–H and O–H groups in total. The zero-order chi connectivity index (χ0) is 32.2. The van der Waals surface area contributed by atoms with Gasteiger partial charge in [0.15, 0.2) is 5.78 Å². The summed E-state index contributed by atoms with van der Waals surface area (Å²) in [6.07, 6.45) is 4.56. The summed E-state index contributed by atoms with van der Waals surface area (Å²) >= 11 is 0. The Kier molecular flexibility index (Phi) is 12.6. The van der Waals surface area contributed by atoms with Gasteiger partial charge in [0.1, 0.15) is 17.9 Å². The minimum Gasteiger partial charge on any atom is -0.462 e. The second-order valence-electron chi connectivity index (χ2n) is 10.9. The lowest BCUT2D eigenvalue weighted by atomic mass is 9.95. The highest BCUT2D eigenvalue weighted by Gasteiger charge is 2.13. The highest BCUT2D eigenvalue weighted by atomic mass is 16.5. The second kappa shape index (κ2) is 16.3. The molecule has 0 unspecified atom stereocenters. The molecule has 0 saturated heterocycles. The molecular formula is C36H40O8. The van der Waals surface area contributed by atoms with E-state index in [-0.39, 0.29) is 18.0 Å². The van der Waals surface area contributed by atoms with Gasteiger partial charge in [-0.25, -0.2) is 14.4 Å². The van der Waals surface area contributed by atoms with Crippen molar-refractivity contribution in [3.63, 3.8) is 0 Å². The van der Waals surface area contributed by atoms with Gasteiger partial charge >= 0.3 is 17.6 Å². The molecule has 0 aliphatic carbocycles. The third-order valence-corrected chi connectivity index (χ3v) is 6.89. The monoisotopic (exact) mass is 600 g/mol. The van der Waals surface area contributed by atoms with Crippen LogP contribution in [0.25, 0.3) is 22.1 Å². The number of hydrogen-bond donors (Lipinski definition) is 0. The summed E-state index contributed by atoms with van der Waals surface area (Å²) in [7, 11) is 0. The van der Waals surface area contributed by atoms with Crippen molar-refractivity contribution < 1.29 is 33.0 Å². The Hall–Kier alpha value is -4.56. The van der Waals surface area contributed by atoms with E-state index in [1.54, 1.807) is 45.0 Å². The van der Waals surface area contributed by atoms with E-state index in [1.807, 2.05) is 18.2 Å². The van der Waals surface area contributed by atoms with Gasteiger partial charge in [-0.2, -0.15) is 0 Å². The highest BCUT2D eigenvalue weighted by Crippen LogP contribution is 2.27. The molecule has 0 spiro atoms. The summed E-state index contributed by atoms with van der Waals surface area (Å²) in [5.41, 5.74) is 4.35. The number of Topliss-reactive ketones (excluding diaryl/α,β-unsaturated/α-hetero) is 1. The smallest absolute Gasteiger partial charge is 0.344 e. The number of carbonyl (C=O) groups is 3. The largest absolute Gasteiger partial charge is 0.462 e. The maximum absolute atomic E-state index is 13.0. The molecule has 8 nitrogen and oxygen atoms in total. The summed E-state index contributed by atoms with van der Waals surface area (Å²) in [5, 5.41) is 0.784. The number of ketones is 1. The van der Waals surface area contributed by atoms with Crippen molar-refractivity contribution in [3.8, 4) is 16.9 Å². The van der Waals surface area contributed by atoms with Gasteiger partial charge in [-0.1, -0.05) is 31.9 Å². The first-order valence-corrected chi connectivity index (χ1v) is 14.6. The van der Waals surface area contributed by atoms with Crippen LogP contribution >= 0.6 is 0 Å². The molecule has 0 aliphatic rings. The number of unbranched alkanes of at least 4 members (excludes halogenated alkanes) is 2. The van der Waals surface area contributed by atoms with E-state index in [0.717, 1.165) is 48.6 Å². The number of benzene rings is 2. The molecule has 1 heterocycles. The molecule has 3 rings (SSSR count). The van der Waals surface area contributed by atoms with E-state index in [9.17, 15) is 19.2 Å². The molecule has 0 aliphatic heterocycles. The molecule has 0 saturated carbocycles. The van der Waals surface area contributed by atoms with Gasteiger partial charge in [0.25, 0.3) is 0 Å². The van der Waals surface area contributed by atoms with Gasteiger partial charge in [0.2, 0.25) is 0 Å². The third kappa shape index (κ3) is 10.0. The Morgan fingerprint density at radius 3 is 1.98 bits per heavy atom. The van der Waals surface area contributed by atoms with Gasteiger partial charge < -0.3 is 18.6 Å². The van der Waals surface area contributed by atoms with E-state index in [4.69, 9.17) is 18.6 Å². The van der Waals surface area contributed by atoms with Crippen molar-refractivity contribution in [2.45, 2.75) is 59.3 Å². The topological polar surface area (TPSA) is 109 Å². The van der Waals surface area contributed by atoms with E-state index >= 15 is 0 Å². The molecule has 44 heavy (non-hydrogen) atoms. The van der Waals surface area contributed by atoms with E-state index in [1.165, 1.54) is 0 Å². The quantitative estimate of drug-likeness (QED) is 0.0543. The van der Waals surface area contributed by atoms with Crippen LogP contribution in [-0.2, 0) is 36.7 Å². The molecular weight excluding hydrogens is 560 g/mol. The lowest BCUT2D eigenvalue weighted by Gasteiger charge is -2.13. The Morgan fingerprint density at radius 2 is 1.36 bits per heavy atom. The first kappa shape index (κ1) is 33.9. The fourth-order valence-electron chi connectivity index (χ4n) is 4.33. The van der Waals surface area contributed by atoms with Gasteiger partial charge in [0, 0.05) is 23.1 Å². The van der Waals surface area contributed by atoms with Crippen LogP contribution in [0.2, 0.25) is 0 Å². The van der Waals surface area contributed by atoms with Crippen molar-refractivity contribution in [2.75, 3.05) is 19.8 Å². The van der Waals surface area contributed by atoms with Crippen LogP contribution in [0.15, 0.2) is 88.1 Å². The first-order chi connectivity index (χ1) is 21.0. The van der Waals surface area contributed by atoms with Crippen LogP contribution in [0.1, 0.15) is 57.6 Å². The molecule has 0 fully saturated rings. The van der Waals surface area contributed by atoms with Crippen LogP contribution in [0, 0.1) is 0 Å². The van der Waals surface area contributed by atoms with Gasteiger partial charge in [-0.05, 0) is 112 Å². The zero-order valence-electron chi connectivity index (χ0n) is 25.8. The average molecular weight is 601 g/mol. The molecule has 1 aromatic heterocycles. The lowest BCUT2D eigenvalue weighted by molar-refractivity contribution is -0.139. The number of rotatable bonds is 17. The van der Waals surface area contributed by atoms with Crippen molar-refractivity contribution >= 4 is 28.7 Å². The van der Waals surface area contributed by atoms with Crippen molar-refractivity contribution in [1.29, 1.82) is 0 Å². The van der Waals surface area contributed by atoms with Crippen LogP contribution in [0.3, 0.4) is 0 Å². The number of aryl methyl sites for hydroxylation is 2. The normalized spacial score (nSPS) is 10.8. The van der Waals surface area contributed by atoms with Crippen molar-refractivity contribution in [1.82, 2.24) is 0 Å². The van der Waals surface area contributed by atoms with E-state index in [2.05, 4.69) is 19.7 Å². The van der Waals surface area contributed by atoms with E-state index in [0.29, 0.717) is 53.2 Å². The average Bonchev–Trinajstić information content (AvgIpc) is 2.98. The Balaban J connectivity index is 1.78. The summed E-state index contributed by atoms with van der Waals surface area (Å²) in [5.74, 6) is -0.674. The minimum atomic E-state index is -0.523. The Bertz CT molecular complexity index is 1610. The van der Waals surface area contributed by atoms with Gasteiger partial charge in [-0.3, -0.25) is 4.79 Å². The molecule has 2 aromatic carbocycles. The Labute approximate surface area is 258 Å². The van der Waals surface area contributed by atoms with Gasteiger partial charge in [0.05, 0.1) is 12.2 Å². The number of ether oxygens (including phenoxy) is 3. The molecule has 8 heteroatoms. The minimum absolute atomic E-state index is 0.0301. The van der Waals surface area contributed by atoms with Gasteiger partial charge in [-0.15, -0.1) is 0 Å². The van der Waals surface area contributed by atoms with Crippen LogP contribution in [-0.4, -0.2) is 37.5 Å². The SMILES string of the molecule is C=C(C)C(=O)COCCCCc1cc2oc(=O)c(-c3ccc(OC(=O)C(=C)C)cc3)cc2cc1CCCCOC(=O)C(=C)C. The number of esters is 2. The maximum Gasteiger partial charge on any atom is 0.344 e. The molecule has 232 valence electrons. The summed E-state index contributed by atoms with van der Waals surface area (Å²) in [6.45, 7) is 16.5. The predicted molar refractivity (Wildman–Crippen MR) is 171 cm³/mol. The van der Waals surface area contributed by atoms with Crippen molar-refractivity contribution in [2.24, 2.45) is 0 Å².